The van der Waals surface area contributed by atoms with Gasteiger partial charge in [-0.1, -0.05) is 27.7 Å². The van der Waals surface area contributed by atoms with Gasteiger partial charge in [-0.15, -0.1) is 0 Å². The number of nitrogens with one attached hydrogen (secondary N) is 1. The van der Waals surface area contributed by atoms with Crippen molar-refractivity contribution in [1.82, 2.24) is 10.2 Å². The summed E-state index contributed by atoms with van der Waals surface area (Å²) in [7, 11) is 2.15. The first kappa shape index (κ1) is 15.9. The molecular formula is C15H32N2O. The molecule has 1 aliphatic rings. The zero-order valence-corrected chi connectivity index (χ0v) is 12.9. The Bertz CT molecular complexity index is 231. The molecule has 108 valence electrons. The van der Waals surface area contributed by atoms with Crippen LogP contribution in [0.25, 0.3) is 0 Å². The highest BCUT2D eigenvalue weighted by molar-refractivity contribution is 4.83. The van der Waals surface area contributed by atoms with E-state index in [1.54, 1.807) is 0 Å². The molecule has 0 heterocycles. The second kappa shape index (κ2) is 6.88. The molecule has 1 atom stereocenters. The van der Waals surface area contributed by atoms with Crippen LogP contribution in [-0.4, -0.2) is 48.3 Å². The van der Waals surface area contributed by atoms with Crippen LogP contribution < -0.4 is 5.32 Å². The molecule has 0 amide bonds. The molecule has 1 saturated carbocycles. The Balaban J connectivity index is 2.26. The highest BCUT2D eigenvalue weighted by Gasteiger charge is 2.29. The first-order valence-electron chi connectivity index (χ1n) is 7.42. The number of rotatable bonds is 6. The minimum absolute atomic E-state index is 0.257. The predicted octanol–water partition coefficient (Wildman–Crippen LogP) is 2.25. The molecule has 0 bridgehead atoms. The number of likely N-dealkylation sites (N-methyl/N-ethyl adjacent to an activating group) is 1. The van der Waals surface area contributed by atoms with Gasteiger partial charge in [0.1, 0.15) is 0 Å². The SMILES string of the molecule is CC(C)NCC(O)CN(C)C1CCC(C)(C)CC1. The maximum absolute atomic E-state index is 10.00. The Morgan fingerprint density at radius 2 is 1.83 bits per heavy atom. The lowest BCUT2D eigenvalue weighted by atomic mass is 9.75. The van der Waals surface area contributed by atoms with E-state index in [0.717, 1.165) is 6.54 Å². The summed E-state index contributed by atoms with van der Waals surface area (Å²) < 4.78 is 0. The van der Waals surface area contributed by atoms with Gasteiger partial charge in [0.25, 0.3) is 0 Å². The van der Waals surface area contributed by atoms with Gasteiger partial charge < -0.3 is 15.3 Å². The molecular weight excluding hydrogens is 224 g/mol. The van der Waals surface area contributed by atoms with E-state index in [4.69, 9.17) is 0 Å². The summed E-state index contributed by atoms with van der Waals surface area (Å²) in [5, 5.41) is 13.3. The monoisotopic (exact) mass is 256 g/mol. The number of aliphatic hydroxyl groups excluding tert-OH is 1. The summed E-state index contributed by atoms with van der Waals surface area (Å²) in [4.78, 5) is 2.35. The van der Waals surface area contributed by atoms with Crippen LogP contribution in [0, 0.1) is 5.41 Å². The fraction of sp³-hybridized carbons (Fsp3) is 1.00. The van der Waals surface area contributed by atoms with Gasteiger partial charge in [0.15, 0.2) is 0 Å². The van der Waals surface area contributed by atoms with Crippen molar-refractivity contribution in [3.05, 3.63) is 0 Å². The summed E-state index contributed by atoms with van der Waals surface area (Å²) in [6, 6.07) is 1.10. The van der Waals surface area contributed by atoms with Crippen LogP contribution in [0.5, 0.6) is 0 Å². The Labute approximate surface area is 113 Å². The van der Waals surface area contributed by atoms with Gasteiger partial charge in [-0.3, -0.25) is 0 Å². The van der Waals surface area contributed by atoms with Gasteiger partial charge in [-0.05, 0) is 38.1 Å². The van der Waals surface area contributed by atoms with Crippen LogP contribution in [0.3, 0.4) is 0 Å². The van der Waals surface area contributed by atoms with E-state index in [9.17, 15) is 5.11 Å². The largest absolute Gasteiger partial charge is 0.390 e. The van der Waals surface area contributed by atoms with Crippen LogP contribution >= 0.6 is 0 Å². The van der Waals surface area contributed by atoms with Gasteiger partial charge in [0.2, 0.25) is 0 Å². The topological polar surface area (TPSA) is 35.5 Å². The molecule has 2 N–H and O–H groups in total. The summed E-state index contributed by atoms with van der Waals surface area (Å²) in [6.45, 7) is 10.4. The molecule has 1 aliphatic carbocycles. The van der Waals surface area contributed by atoms with Crippen molar-refractivity contribution in [2.75, 3.05) is 20.1 Å². The summed E-state index contributed by atoms with van der Waals surface area (Å²) in [6.07, 6.45) is 4.90. The van der Waals surface area contributed by atoms with Gasteiger partial charge in [0.05, 0.1) is 6.10 Å². The zero-order valence-electron chi connectivity index (χ0n) is 12.9. The first-order valence-corrected chi connectivity index (χ1v) is 7.42. The van der Waals surface area contributed by atoms with Crippen molar-refractivity contribution in [1.29, 1.82) is 0 Å². The number of hydrogen-bond donors (Lipinski definition) is 2. The Kier molecular flexibility index (Phi) is 6.09. The van der Waals surface area contributed by atoms with E-state index in [1.807, 2.05) is 0 Å². The third-order valence-electron chi connectivity index (χ3n) is 4.19. The van der Waals surface area contributed by atoms with Crippen LogP contribution in [0.2, 0.25) is 0 Å². The standard InChI is InChI=1S/C15H32N2O/c1-12(2)16-10-14(18)11-17(5)13-6-8-15(3,4)9-7-13/h12-14,16,18H,6-11H2,1-5H3. The normalized spacial score (nSPS) is 22.7. The van der Waals surface area contributed by atoms with E-state index < -0.39 is 0 Å². The van der Waals surface area contributed by atoms with E-state index >= 15 is 0 Å². The third-order valence-corrected chi connectivity index (χ3v) is 4.19. The maximum Gasteiger partial charge on any atom is 0.0791 e. The van der Waals surface area contributed by atoms with Crippen molar-refractivity contribution in [2.24, 2.45) is 5.41 Å². The van der Waals surface area contributed by atoms with Gasteiger partial charge in [0, 0.05) is 25.2 Å². The lowest BCUT2D eigenvalue weighted by Crippen LogP contribution is -2.44. The lowest BCUT2D eigenvalue weighted by molar-refractivity contribution is 0.0713. The molecule has 3 heteroatoms. The summed E-state index contributed by atoms with van der Waals surface area (Å²) in [5.41, 5.74) is 0.523. The molecule has 0 radical (unpaired) electrons. The fourth-order valence-electron chi connectivity index (χ4n) is 2.74. The Hall–Kier alpha value is -0.120. The molecule has 1 fully saturated rings. The molecule has 3 nitrogen and oxygen atoms in total. The third kappa shape index (κ3) is 5.68. The molecule has 18 heavy (non-hydrogen) atoms. The van der Waals surface area contributed by atoms with E-state index in [1.165, 1.54) is 25.7 Å². The summed E-state index contributed by atoms with van der Waals surface area (Å²) >= 11 is 0. The van der Waals surface area contributed by atoms with Crippen LogP contribution in [0.1, 0.15) is 53.4 Å². The van der Waals surface area contributed by atoms with E-state index in [-0.39, 0.29) is 6.10 Å². The fourth-order valence-corrected chi connectivity index (χ4v) is 2.74. The second-order valence-corrected chi connectivity index (χ2v) is 7.05. The van der Waals surface area contributed by atoms with Crippen molar-refractivity contribution in [3.63, 3.8) is 0 Å². The highest BCUT2D eigenvalue weighted by Crippen LogP contribution is 2.36. The van der Waals surface area contributed by atoms with Gasteiger partial charge in [-0.2, -0.15) is 0 Å². The molecule has 0 aromatic rings. The van der Waals surface area contributed by atoms with Crippen molar-refractivity contribution >= 4 is 0 Å². The predicted molar refractivity (Wildman–Crippen MR) is 77.8 cm³/mol. The Morgan fingerprint density at radius 1 is 1.28 bits per heavy atom. The van der Waals surface area contributed by atoms with Crippen molar-refractivity contribution < 1.29 is 5.11 Å². The van der Waals surface area contributed by atoms with E-state index in [2.05, 4.69) is 45.0 Å². The average Bonchev–Trinajstić information content (AvgIpc) is 2.26. The van der Waals surface area contributed by atoms with Crippen LogP contribution in [-0.2, 0) is 0 Å². The number of hydrogen-bond acceptors (Lipinski definition) is 3. The van der Waals surface area contributed by atoms with E-state index in [0.29, 0.717) is 24.0 Å². The quantitative estimate of drug-likeness (QED) is 0.765. The zero-order chi connectivity index (χ0) is 13.8. The average molecular weight is 256 g/mol. The van der Waals surface area contributed by atoms with Crippen molar-refractivity contribution in [2.45, 2.75) is 71.6 Å². The molecule has 1 unspecified atom stereocenters. The van der Waals surface area contributed by atoms with Gasteiger partial charge in [-0.25, -0.2) is 0 Å². The van der Waals surface area contributed by atoms with Crippen molar-refractivity contribution in [3.8, 4) is 0 Å². The molecule has 1 rings (SSSR count). The maximum atomic E-state index is 10.00. The molecule has 0 spiro atoms. The Morgan fingerprint density at radius 3 is 2.33 bits per heavy atom. The smallest absolute Gasteiger partial charge is 0.0791 e. The molecule has 0 aromatic carbocycles. The minimum Gasteiger partial charge on any atom is -0.390 e. The number of nitrogens with zero attached hydrogens (tertiary/aromatic N) is 1. The minimum atomic E-state index is -0.257. The first-order chi connectivity index (χ1) is 8.30. The van der Waals surface area contributed by atoms with Gasteiger partial charge >= 0.3 is 0 Å². The van der Waals surface area contributed by atoms with Crippen LogP contribution in [0.4, 0.5) is 0 Å². The molecule has 0 aliphatic heterocycles. The number of aliphatic hydroxyl groups is 1. The highest BCUT2D eigenvalue weighted by atomic mass is 16.3. The molecule has 0 saturated heterocycles. The van der Waals surface area contributed by atoms with Crippen LogP contribution in [0.15, 0.2) is 0 Å². The summed E-state index contributed by atoms with van der Waals surface area (Å²) in [5.74, 6) is 0. The second-order valence-electron chi connectivity index (χ2n) is 7.05. The molecule has 0 aromatic heterocycles. The lowest BCUT2D eigenvalue weighted by Gasteiger charge is -2.39.